The van der Waals surface area contributed by atoms with Crippen molar-refractivity contribution in [3.05, 3.63) is 47.2 Å². The lowest BCUT2D eigenvalue weighted by molar-refractivity contribution is -0.200. The van der Waals surface area contributed by atoms with Gasteiger partial charge >= 0.3 is 0 Å². The van der Waals surface area contributed by atoms with Gasteiger partial charge < -0.3 is 23.5 Å². The summed E-state index contributed by atoms with van der Waals surface area (Å²) in [7, 11) is 5.77. The standard InChI is InChI=1S/C24H27N3O4/c1-13-25-26-20(30-13)15-12-22-7-8-24(15,29-4)21-23(22)9-10-27(2)17(22)11-14-5-6-16(28-3)19(31-21)18(14)23/h5-8,15,17,21H,9-12H2,1-4H3/t15-,17-,21-,22-,23+,24-/m1/s1. The highest BCUT2D eigenvalue weighted by atomic mass is 16.6. The van der Waals surface area contributed by atoms with Crippen LogP contribution in [0.1, 0.15) is 41.7 Å². The highest BCUT2D eigenvalue weighted by molar-refractivity contribution is 5.65. The largest absolute Gasteiger partial charge is 0.493 e. The van der Waals surface area contributed by atoms with Crippen molar-refractivity contribution in [1.82, 2.24) is 15.1 Å². The van der Waals surface area contributed by atoms with Crippen LogP contribution < -0.4 is 9.47 Å². The lowest BCUT2D eigenvalue weighted by atomic mass is 9.37. The number of piperidine rings is 1. The van der Waals surface area contributed by atoms with E-state index in [1.807, 2.05) is 6.92 Å². The summed E-state index contributed by atoms with van der Waals surface area (Å²) in [4.78, 5) is 2.54. The molecule has 8 rings (SSSR count). The van der Waals surface area contributed by atoms with Crippen molar-refractivity contribution in [2.75, 3.05) is 27.8 Å². The van der Waals surface area contributed by atoms with Crippen molar-refractivity contribution in [1.29, 1.82) is 0 Å². The Hall–Kier alpha value is -2.38. The van der Waals surface area contributed by atoms with Crippen LogP contribution in [0.4, 0.5) is 0 Å². The Bertz CT molecular complexity index is 1140. The maximum atomic E-state index is 6.91. The molecule has 162 valence electrons. The van der Waals surface area contributed by atoms with Crippen molar-refractivity contribution in [3.8, 4) is 11.5 Å². The number of aryl methyl sites for hydroxylation is 1. The lowest BCUT2D eigenvalue weighted by Crippen LogP contribution is -2.78. The Morgan fingerprint density at radius 2 is 2.06 bits per heavy atom. The summed E-state index contributed by atoms with van der Waals surface area (Å²) < 4.78 is 25.1. The fourth-order valence-electron chi connectivity index (χ4n) is 7.94. The number of benzene rings is 1. The van der Waals surface area contributed by atoms with Gasteiger partial charge in [0, 0.05) is 31.1 Å². The van der Waals surface area contributed by atoms with Gasteiger partial charge in [0.25, 0.3) is 0 Å². The van der Waals surface area contributed by atoms with Crippen LogP contribution in [0.2, 0.25) is 0 Å². The minimum atomic E-state index is -0.667. The molecule has 0 radical (unpaired) electrons. The molecule has 2 aliphatic heterocycles. The van der Waals surface area contributed by atoms with Crippen LogP contribution >= 0.6 is 0 Å². The first-order valence-corrected chi connectivity index (χ1v) is 11.1. The summed E-state index contributed by atoms with van der Waals surface area (Å²) in [6.07, 6.45) is 7.47. The smallest absolute Gasteiger partial charge is 0.223 e. The Balaban J connectivity index is 1.55. The fourth-order valence-corrected chi connectivity index (χ4v) is 7.94. The highest BCUT2D eigenvalue weighted by Crippen LogP contribution is 2.75. The number of ether oxygens (including phenoxy) is 3. The molecule has 0 unspecified atom stereocenters. The van der Waals surface area contributed by atoms with Crippen LogP contribution in [0.15, 0.2) is 28.7 Å². The SMILES string of the molecule is COc1ccc2c3c1O[C@H]1[C@@]4(OC)C=C[C@@]5(C[C@@H]4c4nnc(C)o4)[C@@H](C2)N(C)CC[C@]315. The molecule has 6 atom stereocenters. The van der Waals surface area contributed by atoms with Gasteiger partial charge in [-0.15, -0.1) is 10.2 Å². The molecule has 1 saturated heterocycles. The van der Waals surface area contributed by atoms with Gasteiger partial charge in [-0.1, -0.05) is 18.2 Å². The predicted octanol–water partition coefficient (Wildman–Crippen LogP) is 2.77. The van der Waals surface area contributed by atoms with E-state index in [9.17, 15) is 0 Å². The first-order valence-electron chi connectivity index (χ1n) is 11.1. The van der Waals surface area contributed by atoms with Crippen molar-refractivity contribution >= 4 is 0 Å². The molecule has 2 spiro atoms. The van der Waals surface area contributed by atoms with E-state index in [2.05, 4.69) is 46.4 Å². The summed E-state index contributed by atoms with van der Waals surface area (Å²) in [5.41, 5.74) is 1.85. The molecule has 7 nitrogen and oxygen atoms in total. The zero-order valence-corrected chi connectivity index (χ0v) is 18.3. The van der Waals surface area contributed by atoms with Crippen LogP contribution in [-0.2, 0) is 16.6 Å². The topological polar surface area (TPSA) is 69.8 Å². The third-order valence-corrected chi connectivity index (χ3v) is 9.12. The second-order valence-corrected chi connectivity index (χ2v) is 9.90. The van der Waals surface area contributed by atoms with Gasteiger partial charge in [0.15, 0.2) is 11.5 Å². The Labute approximate surface area is 181 Å². The maximum Gasteiger partial charge on any atom is 0.223 e. The van der Waals surface area contributed by atoms with Gasteiger partial charge in [-0.25, -0.2) is 0 Å². The van der Waals surface area contributed by atoms with E-state index in [1.54, 1.807) is 14.2 Å². The Kier molecular flexibility index (Phi) is 3.24. The molecule has 1 saturated carbocycles. The molecule has 31 heavy (non-hydrogen) atoms. The number of aromatic nitrogens is 2. The van der Waals surface area contributed by atoms with Gasteiger partial charge in [-0.2, -0.15) is 0 Å². The number of nitrogens with zero attached hydrogens (tertiary/aromatic N) is 3. The van der Waals surface area contributed by atoms with E-state index in [0.717, 1.165) is 37.3 Å². The number of likely N-dealkylation sites (tertiary alicyclic amines) is 1. The number of rotatable bonds is 3. The third kappa shape index (κ3) is 1.76. The zero-order chi connectivity index (χ0) is 21.2. The molecule has 4 aliphatic carbocycles. The summed E-state index contributed by atoms with van der Waals surface area (Å²) in [6.45, 7) is 2.88. The van der Waals surface area contributed by atoms with Crippen LogP contribution in [0.3, 0.4) is 0 Å². The van der Waals surface area contributed by atoms with E-state index in [1.165, 1.54) is 11.1 Å². The Morgan fingerprint density at radius 3 is 2.81 bits per heavy atom. The van der Waals surface area contributed by atoms with Crippen LogP contribution in [-0.4, -0.2) is 60.7 Å². The summed E-state index contributed by atoms with van der Waals surface area (Å²) in [5, 5.41) is 8.59. The monoisotopic (exact) mass is 421 g/mol. The fraction of sp³-hybridized carbons (Fsp3) is 0.583. The second kappa shape index (κ2) is 5.51. The minimum absolute atomic E-state index is 0.0577. The van der Waals surface area contributed by atoms with Crippen molar-refractivity contribution in [3.63, 3.8) is 0 Å². The minimum Gasteiger partial charge on any atom is -0.493 e. The third-order valence-electron chi connectivity index (χ3n) is 9.12. The normalized spacial score (nSPS) is 41.2. The van der Waals surface area contributed by atoms with Crippen LogP contribution in [0.5, 0.6) is 11.5 Å². The summed E-state index contributed by atoms with van der Waals surface area (Å²) >= 11 is 0. The molecule has 1 aromatic heterocycles. The van der Waals surface area contributed by atoms with E-state index >= 15 is 0 Å². The van der Waals surface area contributed by atoms with Gasteiger partial charge in [0.2, 0.25) is 11.8 Å². The van der Waals surface area contributed by atoms with Crippen molar-refractivity contribution in [2.24, 2.45) is 5.41 Å². The molecule has 3 heterocycles. The predicted molar refractivity (Wildman–Crippen MR) is 112 cm³/mol. The van der Waals surface area contributed by atoms with Crippen molar-refractivity contribution in [2.45, 2.75) is 55.3 Å². The van der Waals surface area contributed by atoms with Gasteiger partial charge in [-0.05, 0) is 44.5 Å². The van der Waals surface area contributed by atoms with E-state index < -0.39 is 5.60 Å². The highest BCUT2D eigenvalue weighted by Gasteiger charge is 2.79. The number of hydrogen-bond acceptors (Lipinski definition) is 7. The molecule has 0 N–H and O–H groups in total. The summed E-state index contributed by atoms with van der Waals surface area (Å²) in [5.74, 6) is 2.89. The summed E-state index contributed by atoms with van der Waals surface area (Å²) in [6, 6.07) is 4.69. The van der Waals surface area contributed by atoms with Gasteiger partial charge in [0.05, 0.1) is 18.4 Å². The quantitative estimate of drug-likeness (QED) is 0.706. The Morgan fingerprint density at radius 1 is 1.19 bits per heavy atom. The van der Waals surface area contributed by atoms with E-state index in [0.29, 0.717) is 17.8 Å². The number of likely N-dealkylation sites (N-methyl/N-ethyl adjacent to an activating group) is 1. The number of hydrogen-bond donors (Lipinski definition) is 0. The molecule has 1 aromatic carbocycles. The van der Waals surface area contributed by atoms with Crippen LogP contribution in [0, 0.1) is 12.3 Å². The van der Waals surface area contributed by atoms with Crippen LogP contribution in [0.25, 0.3) is 0 Å². The number of methoxy groups -OCH3 is 2. The van der Waals surface area contributed by atoms with E-state index in [-0.39, 0.29) is 22.9 Å². The molecule has 2 fully saturated rings. The van der Waals surface area contributed by atoms with Crippen molar-refractivity contribution < 1.29 is 18.6 Å². The lowest BCUT2D eigenvalue weighted by Gasteiger charge is -2.70. The zero-order valence-electron chi connectivity index (χ0n) is 18.3. The number of fused-ring (bicyclic) bond motifs is 1. The average molecular weight is 421 g/mol. The molecule has 4 bridgehead atoms. The second-order valence-electron chi connectivity index (χ2n) is 9.90. The molecule has 7 heteroatoms. The molecule has 6 aliphatic rings. The molecule has 0 amide bonds. The van der Waals surface area contributed by atoms with E-state index in [4.69, 9.17) is 18.6 Å². The van der Waals surface area contributed by atoms with Gasteiger partial charge in [0.1, 0.15) is 11.7 Å². The average Bonchev–Trinajstić information content (AvgIpc) is 3.38. The molecule has 2 aromatic rings. The molecular weight excluding hydrogens is 394 g/mol. The maximum absolute atomic E-state index is 6.91. The first-order chi connectivity index (χ1) is 15.0. The van der Waals surface area contributed by atoms with Gasteiger partial charge in [-0.3, -0.25) is 0 Å². The first kappa shape index (κ1) is 18.2. The molecular formula is C24H27N3O4.